The van der Waals surface area contributed by atoms with Crippen LogP contribution in [0.5, 0.6) is 0 Å². The maximum Gasteiger partial charge on any atom is 0.153 e. The predicted octanol–water partition coefficient (Wildman–Crippen LogP) is 0.0204. The second-order valence-corrected chi connectivity index (χ2v) is 6.79. The van der Waals surface area contributed by atoms with Crippen LogP contribution in [0.3, 0.4) is 0 Å². The van der Waals surface area contributed by atoms with Gasteiger partial charge in [-0.3, -0.25) is 4.90 Å². The van der Waals surface area contributed by atoms with Gasteiger partial charge in [0.2, 0.25) is 0 Å². The molecule has 1 rings (SSSR count). The van der Waals surface area contributed by atoms with E-state index in [4.69, 9.17) is 10.9 Å². The van der Waals surface area contributed by atoms with Gasteiger partial charge in [-0.15, -0.1) is 0 Å². The maximum absolute atomic E-state index is 11.5. The first-order valence-electron chi connectivity index (χ1n) is 5.82. The number of oxime groups is 1. The lowest BCUT2D eigenvalue weighted by Gasteiger charge is -2.38. The minimum Gasteiger partial charge on any atom is -0.409 e. The van der Waals surface area contributed by atoms with Gasteiger partial charge in [0, 0.05) is 25.0 Å². The highest BCUT2D eigenvalue weighted by Gasteiger charge is 2.32. The summed E-state index contributed by atoms with van der Waals surface area (Å²) in [5.74, 6) is 0.585. The van der Waals surface area contributed by atoms with E-state index >= 15 is 0 Å². The first-order chi connectivity index (χ1) is 7.89. The molecule has 0 aromatic carbocycles. The Morgan fingerprint density at radius 3 is 2.76 bits per heavy atom. The summed E-state index contributed by atoms with van der Waals surface area (Å²) in [7, 11) is -2.89. The fourth-order valence-electron chi connectivity index (χ4n) is 2.33. The molecule has 1 aliphatic heterocycles. The molecule has 0 saturated carbocycles. The molecule has 0 amide bonds. The van der Waals surface area contributed by atoms with Crippen LogP contribution in [0.1, 0.15) is 26.7 Å². The van der Waals surface area contributed by atoms with Gasteiger partial charge < -0.3 is 10.9 Å². The molecule has 17 heavy (non-hydrogen) atoms. The van der Waals surface area contributed by atoms with E-state index in [-0.39, 0.29) is 29.4 Å². The summed E-state index contributed by atoms with van der Waals surface area (Å²) in [6, 6.07) is 0.126. The fourth-order valence-corrected chi connectivity index (χ4v) is 3.91. The fraction of sp³-hybridized carbons (Fsp3) is 0.900. The van der Waals surface area contributed by atoms with Gasteiger partial charge in [-0.25, -0.2) is 8.42 Å². The van der Waals surface area contributed by atoms with Crippen LogP contribution in [0.15, 0.2) is 5.16 Å². The van der Waals surface area contributed by atoms with Crippen LogP contribution < -0.4 is 5.73 Å². The van der Waals surface area contributed by atoms with E-state index in [0.717, 1.165) is 6.42 Å². The van der Waals surface area contributed by atoms with Gasteiger partial charge in [0.25, 0.3) is 0 Å². The zero-order valence-electron chi connectivity index (χ0n) is 10.3. The summed E-state index contributed by atoms with van der Waals surface area (Å²) in [5.41, 5.74) is 5.51. The Morgan fingerprint density at radius 2 is 2.29 bits per heavy atom. The molecule has 0 aliphatic carbocycles. The highest BCUT2D eigenvalue weighted by molar-refractivity contribution is 7.91. The molecular weight excluding hydrogens is 242 g/mol. The smallest absolute Gasteiger partial charge is 0.153 e. The molecule has 1 fully saturated rings. The minimum absolute atomic E-state index is 0.00908. The summed E-state index contributed by atoms with van der Waals surface area (Å²) >= 11 is 0. The molecule has 100 valence electrons. The number of sulfone groups is 1. The standard InChI is InChI=1S/C10H21N3O3S/c1-3-9(6-10(11)12-14)13-4-5-17(15,16)7-8(13)2/h8-9,14H,3-7H2,1-2H3,(H2,11,12). The molecule has 7 heteroatoms. The Bertz CT molecular complexity index is 380. The van der Waals surface area contributed by atoms with E-state index in [2.05, 4.69) is 10.1 Å². The van der Waals surface area contributed by atoms with Crippen molar-refractivity contribution in [2.75, 3.05) is 18.1 Å². The number of rotatable bonds is 4. The summed E-state index contributed by atoms with van der Waals surface area (Å²) in [6.07, 6.45) is 1.32. The molecular formula is C10H21N3O3S. The van der Waals surface area contributed by atoms with Gasteiger partial charge in [0.1, 0.15) is 5.84 Å². The molecule has 0 spiro atoms. The third-order valence-electron chi connectivity index (χ3n) is 3.24. The molecule has 1 aliphatic rings. The van der Waals surface area contributed by atoms with Crippen molar-refractivity contribution in [2.24, 2.45) is 10.9 Å². The van der Waals surface area contributed by atoms with E-state index in [9.17, 15) is 8.42 Å². The van der Waals surface area contributed by atoms with E-state index in [1.165, 1.54) is 0 Å². The van der Waals surface area contributed by atoms with Crippen molar-refractivity contribution in [1.82, 2.24) is 4.90 Å². The largest absolute Gasteiger partial charge is 0.409 e. The van der Waals surface area contributed by atoms with Crippen LogP contribution in [0.2, 0.25) is 0 Å². The number of hydrogen-bond acceptors (Lipinski definition) is 5. The van der Waals surface area contributed by atoms with Crippen LogP contribution in [-0.2, 0) is 9.84 Å². The molecule has 0 radical (unpaired) electrons. The summed E-state index contributed by atoms with van der Waals surface area (Å²) < 4.78 is 23.0. The number of nitrogens with zero attached hydrogens (tertiary/aromatic N) is 2. The monoisotopic (exact) mass is 263 g/mol. The van der Waals surface area contributed by atoms with Gasteiger partial charge in [-0.1, -0.05) is 12.1 Å². The topological polar surface area (TPSA) is 96.0 Å². The van der Waals surface area contributed by atoms with Crippen LogP contribution in [0.25, 0.3) is 0 Å². The number of hydrogen-bond donors (Lipinski definition) is 2. The van der Waals surface area contributed by atoms with Crippen molar-refractivity contribution in [3.05, 3.63) is 0 Å². The first-order valence-corrected chi connectivity index (χ1v) is 7.64. The van der Waals surface area contributed by atoms with Crippen LogP contribution >= 0.6 is 0 Å². The van der Waals surface area contributed by atoms with Crippen molar-refractivity contribution >= 4 is 15.7 Å². The van der Waals surface area contributed by atoms with Gasteiger partial charge in [0.05, 0.1) is 11.5 Å². The zero-order chi connectivity index (χ0) is 13.1. The lowest BCUT2D eigenvalue weighted by molar-refractivity contribution is 0.155. The van der Waals surface area contributed by atoms with Crippen molar-refractivity contribution in [1.29, 1.82) is 0 Å². The lowest BCUT2D eigenvalue weighted by Crippen LogP contribution is -2.52. The Labute approximate surface area is 102 Å². The molecule has 0 aromatic rings. The van der Waals surface area contributed by atoms with Gasteiger partial charge in [0.15, 0.2) is 9.84 Å². The van der Waals surface area contributed by atoms with E-state index in [1.54, 1.807) is 0 Å². The van der Waals surface area contributed by atoms with Crippen molar-refractivity contribution in [3.8, 4) is 0 Å². The molecule has 6 nitrogen and oxygen atoms in total. The minimum atomic E-state index is -2.89. The Morgan fingerprint density at radius 1 is 1.65 bits per heavy atom. The second kappa shape index (κ2) is 5.68. The van der Waals surface area contributed by atoms with Crippen LogP contribution in [0, 0.1) is 0 Å². The van der Waals surface area contributed by atoms with Gasteiger partial charge >= 0.3 is 0 Å². The number of amidine groups is 1. The van der Waals surface area contributed by atoms with Gasteiger partial charge in [-0.2, -0.15) is 0 Å². The third kappa shape index (κ3) is 3.85. The first kappa shape index (κ1) is 14.2. The predicted molar refractivity (Wildman–Crippen MR) is 66.9 cm³/mol. The number of nitrogens with two attached hydrogens (primary N) is 1. The molecule has 1 heterocycles. The Kier molecular flexibility index (Phi) is 4.76. The van der Waals surface area contributed by atoms with Crippen molar-refractivity contribution in [2.45, 2.75) is 38.8 Å². The molecule has 2 atom stereocenters. The molecule has 1 saturated heterocycles. The summed E-state index contributed by atoms with van der Waals surface area (Å²) in [5, 5.41) is 11.5. The van der Waals surface area contributed by atoms with Crippen LogP contribution in [0.4, 0.5) is 0 Å². The second-order valence-electron chi connectivity index (χ2n) is 4.56. The van der Waals surface area contributed by atoms with E-state index < -0.39 is 9.84 Å². The summed E-state index contributed by atoms with van der Waals surface area (Å²) in [4.78, 5) is 2.14. The van der Waals surface area contributed by atoms with E-state index in [1.807, 2.05) is 13.8 Å². The molecule has 3 N–H and O–H groups in total. The Hall–Kier alpha value is -0.820. The lowest BCUT2D eigenvalue weighted by atomic mass is 10.1. The highest BCUT2D eigenvalue weighted by atomic mass is 32.2. The quantitative estimate of drug-likeness (QED) is 0.323. The normalized spacial score (nSPS) is 27.9. The molecule has 2 unspecified atom stereocenters. The summed E-state index contributed by atoms with van der Waals surface area (Å²) in [6.45, 7) is 4.46. The third-order valence-corrected chi connectivity index (χ3v) is 5.03. The molecule has 0 aromatic heterocycles. The van der Waals surface area contributed by atoms with Crippen molar-refractivity contribution < 1.29 is 13.6 Å². The Balaban J connectivity index is 2.70. The highest BCUT2D eigenvalue weighted by Crippen LogP contribution is 2.18. The zero-order valence-corrected chi connectivity index (χ0v) is 11.2. The van der Waals surface area contributed by atoms with Crippen molar-refractivity contribution in [3.63, 3.8) is 0 Å². The van der Waals surface area contributed by atoms with Crippen LogP contribution in [-0.4, -0.2) is 54.5 Å². The maximum atomic E-state index is 11.5. The average Bonchev–Trinajstić information content (AvgIpc) is 2.25. The average molecular weight is 263 g/mol. The SMILES string of the molecule is CCC(CC(N)=NO)N1CCS(=O)(=O)CC1C. The van der Waals surface area contributed by atoms with E-state index in [0.29, 0.717) is 13.0 Å². The van der Waals surface area contributed by atoms with Gasteiger partial charge in [-0.05, 0) is 13.3 Å². The molecule has 0 bridgehead atoms.